The summed E-state index contributed by atoms with van der Waals surface area (Å²) in [6.07, 6.45) is 2.74. The number of sulfonamides is 1. The van der Waals surface area contributed by atoms with Gasteiger partial charge in [0, 0.05) is 25.2 Å². The largest absolute Gasteiger partial charge is 0.495 e. The molecule has 0 radical (unpaired) electrons. The molecule has 2 aliphatic heterocycles. The second-order valence-corrected chi connectivity index (χ2v) is 8.57. The van der Waals surface area contributed by atoms with Crippen LogP contribution in [0, 0.1) is 0 Å². The van der Waals surface area contributed by atoms with Crippen LogP contribution in [0.25, 0.3) is 0 Å². The molecule has 1 amide bonds. The van der Waals surface area contributed by atoms with E-state index >= 15 is 0 Å². The minimum absolute atomic E-state index is 0.0226. The van der Waals surface area contributed by atoms with Gasteiger partial charge in [-0.05, 0) is 25.0 Å². The highest BCUT2D eigenvalue weighted by Crippen LogP contribution is 2.41. The summed E-state index contributed by atoms with van der Waals surface area (Å²) in [4.78, 5) is 14.3. The van der Waals surface area contributed by atoms with Crippen molar-refractivity contribution in [2.24, 2.45) is 0 Å². The van der Waals surface area contributed by atoms with E-state index in [0.29, 0.717) is 31.6 Å². The number of benzene rings is 1. The Bertz CT molecular complexity index is 942. The van der Waals surface area contributed by atoms with Crippen molar-refractivity contribution in [2.45, 2.75) is 29.8 Å². The summed E-state index contributed by atoms with van der Waals surface area (Å²) < 4.78 is 39.2. The topological polar surface area (TPSA) is 118 Å². The number of carbonyl (C=O) groups excluding carboxylic acids is 1. The van der Waals surface area contributed by atoms with E-state index in [1.807, 2.05) is 0 Å². The SMILES string of the molecule is COc1cccc(OC)c1S(=O)(=O)N1C2CCC1CN(C(=O)c1cnn[nH]1)C2. The quantitative estimate of drug-likeness (QED) is 0.767. The predicted octanol–water partition coefficient (Wildman–Crippen LogP) is 0.500. The van der Waals surface area contributed by atoms with Crippen LogP contribution in [0.1, 0.15) is 23.3 Å². The third kappa shape index (κ3) is 2.90. The number of ether oxygens (including phenoxy) is 2. The Morgan fingerprint density at radius 3 is 2.25 bits per heavy atom. The molecule has 2 aromatic rings. The van der Waals surface area contributed by atoms with Crippen molar-refractivity contribution in [3.05, 3.63) is 30.1 Å². The fraction of sp³-hybridized carbons (Fsp3) is 0.471. The summed E-state index contributed by atoms with van der Waals surface area (Å²) in [7, 11) is -1.02. The molecule has 2 atom stereocenters. The molecule has 0 aliphatic carbocycles. The molecule has 2 saturated heterocycles. The maximum Gasteiger partial charge on any atom is 0.273 e. The second-order valence-electron chi connectivity index (χ2n) is 6.79. The number of nitrogens with one attached hydrogen (secondary N) is 1. The average Bonchev–Trinajstić information content (AvgIpc) is 3.33. The van der Waals surface area contributed by atoms with E-state index in [1.165, 1.54) is 24.7 Å². The van der Waals surface area contributed by atoms with Crippen molar-refractivity contribution in [3.8, 4) is 11.5 Å². The van der Waals surface area contributed by atoms with Crippen LogP contribution in [0.3, 0.4) is 0 Å². The van der Waals surface area contributed by atoms with Gasteiger partial charge < -0.3 is 14.4 Å². The first-order chi connectivity index (χ1) is 13.5. The van der Waals surface area contributed by atoms with Crippen molar-refractivity contribution in [1.82, 2.24) is 24.6 Å². The first-order valence-corrected chi connectivity index (χ1v) is 10.3. The van der Waals surface area contributed by atoms with E-state index in [0.717, 1.165) is 0 Å². The van der Waals surface area contributed by atoms with Crippen LogP contribution in [0.2, 0.25) is 0 Å². The zero-order chi connectivity index (χ0) is 19.9. The van der Waals surface area contributed by atoms with Crippen molar-refractivity contribution >= 4 is 15.9 Å². The van der Waals surface area contributed by atoms with E-state index in [2.05, 4.69) is 15.4 Å². The van der Waals surface area contributed by atoms with Crippen LogP contribution < -0.4 is 9.47 Å². The van der Waals surface area contributed by atoms with Crippen LogP contribution in [0.4, 0.5) is 0 Å². The lowest BCUT2D eigenvalue weighted by Gasteiger charge is -2.40. The van der Waals surface area contributed by atoms with Gasteiger partial charge in [0.2, 0.25) is 0 Å². The van der Waals surface area contributed by atoms with Crippen molar-refractivity contribution in [3.63, 3.8) is 0 Å². The Morgan fingerprint density at radius 2 is 1.75 bits per heavy atom. The highest BCUT2D eigenvalue weighted by molar-refractivity contribution is 7.89. The molecule has 11 heteroatoms. The molecule has 2 bridgehead atoms. The molecule has 1 aromatic carbocycles. The zero-order valence-electron chi connectivity index (χ0n) is 15.5. The number of amides is 1. The first-order valence-electron chi connectivity index (χ1n) is 8.87. The lowest BCUT2D eigenvalue weighted by atomic mass is 10.2. The van der Waals surface area contributed by atoms with Crippen LogP contribution in [0.5, 0.6) is 11.5 Å². The minimum Gasteiger partial charge on any atom is -0.495 e. The van der Waals surface area contributed by atoms with Gasteiger partial charge in [-0.1, -0.05) is 11.3 Å². The van der Waals surface area contributed by atoms with Gasteiger partial charge >= 0.3 is 0 Å². The number of rotatable bonds is 5. The fourth-order valence-electron chi connectivity index (χ4n) is 4.07. The number of piperazine rings is 1. The van der Waals surface area contributed by atoms with Crippen LogP contribution in [-0.2, 0) is 10.0 Å². The standard InChI is InChI=1S/C17H21N5O5S/c1-26-14-4-3-5-15(27-2)16(14)28(24,25)22-11-6-7-12(22)10-21(9-11)17(23)13-8-18-20-19-13/h3-5,8,11-12H,6-7,9-10H2,1-2H3,(H,18,19,20). The molecule has 10 nitrogen and oxygen atoms in total. The molecular formula is C17H21N5O5S. The summed E-state index contributed by atoms with van der Waals surface area (Å²) >= 11 is 0. The van der Waals surface area contributed by atoms with E-state index in [4.69, 9.17) is 9.47 Å². The smallest absolute Gasteiger partial charge is 0.273 e. The average molecular weight is 407 g/mol. The molecule has 3 heterocycles. The highest BCUT2D eigenvalue weighted by Gasteiger charge is 2.49. The molecule has 2 fully saturated rings. The van der Waals surface area contributed by atoms with Gasteiger partial charge in [-0.2, -0.15) is 4.31 Å². The van der Waals surface area contributed by atoms with Crippen LogP contribution in [-0.4, -0.2) is 78.3 Å². The highest BCUT2D eigenvalue weighted by atomic mass is 32.2. The Labute approximate surface area is 162 Å². The van der Waals surface area contributed by atoms with Gasteiger partial charge in [0.15, 0.2) is 4.90 Å². The first kappa shape index (κ1) is 18.7. The third-order valence-electron chi connectivity index (χ3n) is 5.27. The second kappa shape index (κ2) is 7.06. The van der Waals surface area contributed by atoms with Gasteiger partial charge in [0.1, 0.15) is 17.2 Å². The summed E-state index contributed by atoms with van der Waals surface area (Å²) in [5.74, 6) is 0.246. The molecule has 1 N–H and O–H groups in total. The maximum absolute atomic E-state index is 13.5. The van der Waals surface area contributed by atoms with E-state index in [9.17, 15) is 13.2 Å². The number of fused-ring (bicyclic) bond motifs is 2. The van der Waals surface area contributed by atoms with Gasteiger partial charge in [-0.15, -0.1) is 5.10 Å². The molecular weight excluding hydrogens is 386 g/mol. The molecule has 0 saturated carbocycles. The number of hydrogen-bond donors (Lipinski definition) is 1. The third-order valence-corrected chi connectivity index (χ3v) is 7.34. The van der Waals surface area contributed by atoms with Crippen LogP contribution in [0.15, 0.2) is 29.3 Å². The molecule has 2 aliphatic rings. The van der Waals surface area contributed by atoms with E-state index in [-0.39, 0.29) is 34.4 Å². The number of aromatic nitrogens is 3. The van der Waals surface area contributed by atoms with Crippen molar-refractivity contribution in [1.29, 1.82) is 0 Å². The number of hydrogen-bond acceptors (Lipinski definition) is 7. The number of nitrogens with zero attached hydrogens (tertiary/aromatic N) is 4. The molecule has 28 heavy (non-hydrogen) atoms. The number of aromatic amines is 1. The Morgan fingerprint density at radius 1 is 1.14 bits per heavy atom. The summed E-state index contributed by atoms with van der Waals surface area (Å²) in [6, 6.07) is 4.27. The minimum atomic E-state index is -3.87. The number of carbonyl (C=O) groups is 1. The summed E-state index contributed by atoms with van der Waals surface area (Å²) in [5, 5.41) is 9.77. The zero-order valence-corrected chi connectivity index (χ0v) is 16.3. The lowest BCUT2D eigenvalue weighted by molar-refractivity contribution is 0.0608. The molecule has 1 aromatic heterocycles. The lowest BCUT2D eigenvalue weighted by Crippen LogP contribution is -2.57. The monoisotopic (exact) mass is 407 g/mol. The molecule has 2 unspecified atom stereocenters. The Balaban J connectivity index is 1.66. The van der Waals surface area contributed by atoms with Gasteiger partial charge in [0.25, 0.3) is 15.9 Å². The van der Waals surface area contributed by atoms with Gasteiger partial charge in [-0.25, -0.2) is 8.42 Å². The normalized spacial score (nSPS) is 22.3. The van der Waals surface area contributed by atoms with Crippen LogP contribution >= 0.6 is 0 Å². The predicted molar refractivity (Wildman–Crippen MR) is 97.7 cm³/mol. The van der Waals surface area contributed by atoms with Crippen molar-refractivity contribution in [2.75, 3.05) is 27.3 Å². The maximum atomic E-state index is 13.5. The number of likely N-dealkylation sites (tertiary alicyclic amines) is 1. The Kier molecular flexibility index (Phi) is 4.71. The Hall–Kier alpha value is -2.66. The van der Waals surface area contributed by atoms with Gasteiger partial charge in [-0.3, -0.25) is 9.89 Å². The van der Waals surface area contributed by atoms with E-state index < -0.39 is 10.0 Å². The van der Waals surface area contributed by atoms with Crippen molar-refractivity contribution < 1.29 is 22.7 Å². The number of methoxy groups -OCH3 is 2. The van der Waals surface area contributed by atoms with E-state index in [1.54, 1.807) is 23.1 Å². The summed E-state index contributed by atoms with van der Waals surface area (Å²) in [5.41, 5.74) is 0.294. The molecule has 0 spiro atoms. The van der Waals surface area contributed by atoms with Gasteiger partial charge in [0.05, 0.1) is 20.4 Å². The molecule has 4 rings (SSSR count). The number of H-pyrrole nitrogens is 1. The molecule has 150 valence electrons. The fourth-order valence-corrected chi connectivity index (χ4v) is 6.22. The summed E-state index contributed by atoms with van der Waals surface area (Å²) in [6.45, 7) is 0.621.